The number of rotatable bonds is 7. The quantitative estimate of drug-likeness (QED) is 0.717. The second-order valence-electron chi connectivity index (χ2n) is 5.02. The minimum absolute atomic E-state index is 0.177. The zero-order chi connectivity index (χ0) is 15.0. The van der Waals surface area contributed by atoms with Crippen molar-refractivity contribution in [2.24, 2.45) is 5.92 Å². The highest BCUT2D eigenvalue weighted by Crippen LogP contribution is 2.13. The first-order chi connectivity index (χ1) is 9.49. The van der Waals surface area contributed by atoms with Crippen molar-refractivity contribution in [1.82, 2.24) is 5.32 Å². The molecule has 3 N–H and O–H groups in total. The summed E-state index contributed by atoms with van der Waals surface area (Å²) in [6.45, 7) is 4.46. The number of nitrogens with one attached hydrogen (secondary N) is 2. The molecule has 1 unspecified atom stereocenters. The monoisotopic (exact) mass is 278 g/mol. The highest BCUT2D eigenvalue weighted by Gasteiger charge is 2.07. The fourth-order valence-corrected chi connectivity index (χ4v) is 1.83. The van der Waals surface area contributed by atoms with E-state index in [2.05, 4.69) is 10.6 Å². The van der Waals surface area contributed by atoms with E-state index in [4.69, 9.17) is 5.11 Å². The lowest BCUT2D eigenvalue weighted by Gasteiger charge is -2.12. The molecule has 1 aromatic rings. The van der Waals surface area contributed by atoms with Gasteiger partial charge in [-0.1, -0.05) is 25.1 Å². The second kappa shape index (κ2) is 8.19. The first-order valence-electron chi connectivity index (χ1n) is 6.81. The summed E-state index contributed by atoms with van der Waals surface area (Å²) in [6.07, 6.45) is 1.58. The fraction of sp³-hybridized carbons (Fsp3) is 0.467. The Kier molecular flexibility index (Phi) is 6.56. The molecule has 20 heavy (non-hydrogen) atoms. The maximum absolute atomic E-state index is 11.7. The molecular formula is C15H22N2O3. The molecule has 110 valence electrons. The summed E-state index contributed by atoms with van der Waals surface area (Å²) in [7, 11) is 0. The summed E-state index contributed by atoms with van der Waals surface area (Å²) in [5.41, 5.74) is 1.81. The van der Waals surface area contributed by atoms with E-state index in [0.717, 1.165) is 17.7 Å². The van der Waals surface area contributed by atoms with E-state index in [-0.39, 0.29) is 18.4 Å². The summed E-state index contributed by atoms with van der Waals surface area (Å²) in [6, 6.07) is 7.34. The molecule has 5 nitrogen and oxygen atoms in total. The van der Waals surface area contributed by atoms with Crippen molar-refractivity contribution in [3.63, 3.8) is 0 Å². The summed E-state index contributed by atoms with van der Waals surface area (Å²) in [4.78, 5) is 22.1. The number of benzene rings is 1. The predicted molar refractivity (Wildman–Crippen MR) is 78.9 cm³/mol. The lowest BCUT2D eigenvalue weighted by Crippen LogP contribution is -2.30. The van der Waals surface area contributed by atoms with Gasteiger partial charge in [0, 0.05) is 18.7 Å². The molecule has 0 bridgehead atoms. The number of para-hydroxylation sites is 1. The van der Waals surface area contributed by atoms with Crippen molar-refractivity contribution in [3.05, 3.63) is 29.8 Å². The summed E-state index contributed by atoms with van der Waals surface area (Å²) in [5.74, 6) is -0.494. The third kappa shape index (κ3) is 6.22. The van der Waals surface area contributed by atoms with Gasteiger partial charge in [-0.3, -0.25) is 4.79 Å². The molecule has 0 aliphatic rings. The molecule has 0 aromatic heterocycles. The second-order valence-corrected chi connectivity index (χ2v) is 5.02. The van der Waals surface area contributed by atoms with Crippen molar-refractivity contribution in [1.29, 1.82) is 0 Å². The van der Waals surface area contributed by atoms with Crippen LogP contribution >= 0.6 is 0 Å². The van der Waals surface area contributed by atoms with Crippen molar-refractivity contribution < 1.29 is 14.7 Å². The Labute approximate surface area is 119 Å². The van der Waals surface area contributed by atoms with E-state index in [1.807, 2.05) is 38.1 Å². The van der Waals surface area contributed by atoms with Gasteiger partial charge < -0.3 is 15.7 Å². The van der Waals surface area contributed by atoms with Gasteiger partial charge in [-0.05, 0) is 37.3 Å². The van der Waals surface area contributed by atoms with Crippen LogP contribution in [0.5, 0.6) is 0 Å². The predicted octanol–water partition coefficient (Wildman–Crippen LogP) is 3.01. The first-order valence-corrected chi connectivity index (χ1v) is 6.81. The number of hydrogen-bond acceptors (Lipinski definition) is 2. The molecular weight excluding hydrogens is 256 g/mol. The van der Waals surface area contributed by atoms with Crippen LogP contribution in [-0.4, -0.2) is 23.7 Å². The maximum Gasteiger partial charge on any atom is 0.319 e. The van der Waals surface area contributed by atoms with E-state index in [9.17, 15) is 9.59 Å². The molecule has 0 saturated carbocycles. The van der Waals surface area contributed by atoms with Gasteiger partial charge >= 0.3 is 12.0 Å². The van der Waals surface area contributed by atoms with E-state index in [1.165, 1.54) is 0 Å². The van der Waals surface area contributed by atoms with Crippen LogP contribution in [0.25, 0.3) is 0 Å². The van der Waals surface area contributed by atoms with E-state index < -0.39 is 5.97 Å². The van der Waals surface area contributed by atoms with Gasteiger partial charge in [-0.25, -0.2) is 4.79 Å². The molecule has 1 rings (SSSR count). The molecule has 0 heterocycles. The molecule has 2 amide bonds. The lowest BCUT2D eigenvalue weighted by molar-refractivity contribution is -0.137. The number of urea groups is 1. The Hall–Kier alpha value is -2.04. The number of amides is 2. The molecule has 1 aromatic carbocycles. The van der Waals surface area contributed by atoms with Gasteiger partial charge in [0.1, 0.15) is 0 Å². The maximum atomic E-state index is 11.7. The highest BCUT2D eigenvalue weighted by molar-refractivity contribution is 5.89. The van der Waals surface area contributed by atoms with Crippen LogP contribution < -0.4 is 10.6 Å². The van der Waals surface area contributed by atoms with E-state index in [1.54, 1.807) is 0 Å². The SMILES string of the molecule is Cc1ccccc1NC(=O)NCCC(C)CCC(=O)O. The normalized spacial score (nSPS) is 11.7. The molecule has 5 heteroatoms. The molecule has 0 spiro atoms. The van der Waals surface area contributed by atoms with Crippen LogP contribution in [0, 0.1) is 12.8 Å². The average Bonchev–Trinajstić information content (AvgIpc) is 2.39. The number of hydrogen-bond donors (Lipinski definition) is 3. The highest BCUT2D eigenvalue weighted by atomic mass is 16.4. The van der Waals surface area contributed by atoms with Crippen LogP contribution in [0.15, 0.2) is 24.3 Å². The number of carboxylic acids is 1. The summed E-state index contributed by atoms with van der Waals surface area (Å²) < 4.78 is 0. The van der Waals surface area contributed by atoms with Gasteiger partial charge in [0.15, 0.2) is 0 Å². The van der Waals surface area contributed by atoms with Gasteiger partial charge in [0.2, 0.25) is 0 Å². The minimum atomic E-state index is -0.776. The Bertz CT molecular complexity index is 460. The van der Waals surface area contributed by atoms with E-state index >= 15 is 0 Å². The van der Waals surface area contributed by atoms with Crippen LogP contribution in [0.3, 0.4) is 0 Å². The largest absolute Gasteiger partial charge is 0.481 e. The Morgan fingerprint density at radius 3 is 2.60 bits per heavy atom. The van der Waals surface area contributed by atoms with Crippen molar-refractivity contribution in [3.8, 4) is 0 Å². The summed E-state index contributed by atoms with van der Waals surface area (Å²) >= 11 is 0. The van der Waals surface area contributed by atoms with Crippen LogP contribution in [-0.2, 0) is 4.79 Å². The Morgan fingerprint density at radius 2 is 1.95 bits per heavy atom. The smallest absolute Gasteiger partial charge is 0.319 e. The number of aryl methyl sites for hydroxylation is 1. The molecule has 1 atom stereocenters. The third-order valence-electron chi connectivity index (χ3n) is 3.17. The zero-order valence-corrected chi connectivity index (χ0v) is 12.0. The third-order valence-corrected chi connectivity index (χ3v) is 3.17. The molecule has 0 fully saturated rings. The van der Waals surface area contributed by atoms with Gasteiger partial charge in [0.25, 0.3) is 0 Å². The number of aliphatic carboxylic acids is 1. The Morgan fingerprint density at radius 1 is 1.25 bits per heavy atom. The minimum Gasteiger partial charge on any atom is -0.481 e. The first kappa shape index (κ1) is 16.0. The lowest BCUT2D eigenvalue weighted by atomic mass is 10.0. The number of carbonyl (C=O) groups excluding carboxylic acids is 1. The molecule has 0 aliphatic carbocycles. The van der Waals surface area contributed by atoms with Gasteiger partial charge in [-0.2, -0.15) is 0 Å². The van der Waals surface area contributed by atoms with Crippen molar-refractivity contribution in [2.75, 3.05) is 11.9 Å². The Balaban J connectivity index is 2.24. The van der Waals surface area contributed by atoms with Crippen molar-refractivity contribution >= 4 is 17.7 Å². The van der Waals surface area contributed by atoms with E-state index in [0.29, 0.717) is 13.0 Å². The van der Waals surface area contributed by atoms with Crippen LogP contribution in [0.1, 0.15) is 31.7 Å². The van der Waals surface area contributed by atoms with Crippen LogP contribution in [0.4, 0.5) is 10.5 Å². The number of carbonyl (C=O) groups is 2. The van der Waals surface area contributed by atoms with Crippen LogP contribution in [0.2, 0.25) is 0 Å². The summed E-state index contributed by atoms with van der Waals surface area (Å²) in [5, 5.41) is 14.2. The zero-order valence-electron chi connectivity index (χ0n) is 12.0. The van der Waals surface area contributed by atoms with Gasteiger partial charge in [-0.15, -0.1) is 0 Å². The molecule has 0 aliphatic heterocycles. The number of carboxylic acid groups (broad SMARTS) is 1. The van der Waals surface area contributed by atoms with Crippen molar-refractivity contribution in [2.45, 2.75) is 33.1 Å². The number of anilines is 1. The standard InChI is InChI=1S/C15H22N2O3/c1-11(7-8-14(18)19)9-10-16-15(20)17-13-6-4-3-5-12(13)2/h3-6,11H,7-10H2,1-2H3,(H,18,19)(H2,16,17,20). The average molecular weight is 278 g/mol. The molecule has 0 radical (unpaired) electrons. The fourth-order valence-electron chi connectivity index (χ4n) is 1.83. The van der Waals surface area contributed by atoms with Gasteiger partial charge in [0.05, 0.1) is 0 Å². The topological polar surface area (TPSA) is 78.4 Å². The molecule has 0 saturated heterocycles.